The Bertz CT molecular complexity index is 600. The van der Waals surface area contributed by atoms with Gasteiger partial charge in [-0.1, -0.05) is 11.6 Å². The molecule has 0 amide bonds. The SMILES string of the molecule is O=C(O)CNS(=O)(=O)c1ccc(Cl)cc1C(F)(F)F. The molecule has 106 valence electrons. The van der Waals surface area contributed by atoms with Gasteiger partial charge in [0.25, 0.3) is 0 Å². The lowest BCUT2D eigenvalue weighted by molar-refractivity contribution is -0.139. The second-order valence-electron chi connectivity index (χ2n) is 3.36. The van der Waals surface area contributed by atoms with E-state index < -0.39 is 39.2 Å². The molecule has 5 nitrogen and oxygen atoms in total. The van der Waals surface area contributed by atoms with Crippen molar-refractivity contribution < 1.29 is 31.5 Å². The minimum Gasteiger partial charge on any atom is -0.480 e. The molecule has 10 heteroatoms. The summed E-state index contributed by atoms with van der Waals surface area (Å²) in [4.78, 5) is 9.16. The number of nitrogens with one attached hydrogen (secondary N) is 1. The minimum absolute atomic E-state index is 0.287. The first-order chi connectivity index (χ1) is 8.54. The maximum atomic E-state index is 12.7. The first-order valence-corrected chi connectivity index (χ1v) is 6.48. The molecule has 19 heavy (non-hydrogen) atoms. The highest BCUT2D eigenvalue weighted by Crippen LogP contribution is 2.35. The number of benzene rings is 1. The van der Waals surface area contributed by atoms with E-state index in [1.165, 1.54) is 4.72 Å². The van der Waals surface area contributed by atoms with Crippen molar-refractivity contribution >= 4 is 27.6 Å². The Morgan fingerprint density at radius 1 is 1.37 bits per heavy atom. The number of carboxylic acid groups (broad SMARTS) is 1. The van der Waals surface area contributed by atoms with Crippen LogP contribution < -0.4 is 4.72 Å². The van der Waals surface area contributed by atoms with Crippen LogP contribution in [0.15, 0.2) is 23.1 Å². The highest BCUT2D eigenvalue weighted by Gasteiger charge is 2.37. The second-order valence-corrected chi connectivity index (χ2v) is 5.53. The molecule has 1 aromatic carbocycles. The molecule has 0 heterocycles. The Morgan fingerprint density at radius 2 is 1.95 bits per heavy atom. The number of rotatable bonds is 4. The zero-order chi connectivity index (χ0) is 14.8. The second kappa shape index (κ2) is 5.35. The molecule has 0 aliphatic heterocycles. The smallest absolute Gasteiger partial charge is 0.417 e. The highest BCUT2D eigenvalue weighted by atomic mass is 35.5. The highest BCUT2D eigenvalue weighted by molar-refractivity contribution is 7.89. The quantitative estimate of drug-likeness (QED) is 0.885. The molecule has 1 aromatic rings. The average Bonchev–Trinajstić information content (AvgIpc) is 2.25. The Morgan fingerprint density at radius 3 is 2.42 bits per heavy atom. The van der Waals surface area contributed by atoms with Crippen LogP contribution in [0.2, 0.25) is 5.02 Å². The van der Waals surface area contributed by atoms with E-state index >= 15 is 0 Å². The molecule has 0 bridgehead atoms. The zero-order valence-corrected chi connectivity index (χ0v) is 10.6. The molecule has 0 aliphatic carbocycles. The van der Waals surface area contributed by atoms with Crippen molar-refractivity contribution in [1.29, 1.82) is 0 Å². The summed E-state index contributed by atoms with van der Waals surface area (Å²) in [7, 11) is -4.60. The summed E-state index contributed by atoms with van der Waals surface area (Å²) in [5.41, 5.74) is -1.46. The lowest BCUT2D eigenvalue weighted by Crippen LogP contribution is -2.31. The Labute approximate surface area is 111 Å². The molecule has 0 radical (unpaired) electrons. The summed E-state index contributed by atoms with van der Waals surface area (Å²) in [6.45, 7) is -1.03. The number of carboxylic acids is 1. The van der Waals surface area contributed by atoms with Gasteiger partial charge in [-0.05, 0) is 18.2 Å². The molecule has 0 saturated carbocycles. The van der Waals surface area contributed by atoms with Crippen LogP contribution in [0.25, 0.3) is 0 Å². The van der Waals surface area contributed by atoms with Crippen molar-refractivity contribution in [1.82, 2.24) is 4.72 Å². The molecule has 1 rings (SSSR count). The molecule has 2 N–H and O–H groups in total. The van der Waals surface area contributed by atoms with Crippen LogP contribution >= 0.6 is 11.6 Å². The van der Waals surface area contributed by atoms with Crippen LogP contribution in [0.5, 0.6) is 0 Å². The first-order valence-electron chi connectivity index (χ1n) is 4.62. The fourth-order valence-electron chi connectivity index (χ4n) is 1.19. The zero-order valence-electron chi connectivity index (χ0n) is 9.03. The van der Waals surface area contributed by atoms with Gasteiger partial charge in [0.1, 0.15) is 6.54 Å². The van der Waals surface area contributed by atoms with E-state index in [2.05, 4.69) is 0 Å². The number of sulfonamides is 1. The molecule has 0 unspecified atom stereocenters. The average molecular weight is 318 g/mol. The van der Waals surface area contributed by atoms with E-state index in [9.17, 15) is 26.4 Å². The van der Waals surface area contributed by atoms with Gasteiger partial charge >= 0.3 is 12.1 Å². The number of aliphatic carboxylic acids is 1. The van der Waals surface area contributed by atoms with Gasteiger partial charge in [-0.3, -0.25) is 4.79 Å². The van der Waals surface area contributed by atoms with Crippen LogP contribution in [0.4, 0.5) is 13.2 Å². The van der Waals surface area contributed by atoms with E-state index in [0.717, 1.165) is 6.07 Å². The van der Waals surface area contributed by atoms with Gasteiger partial charge in [0.2, 0.25) is 10.0 Å². The standard InChI is InChI=1S/C9H7ClF3NO4S/c10-5-1-2-7(6(3-5)9(11,12)13)19(17,18)14-4-8(15)16/h1-3,14H,4H2,(H,15,16). The fraction of sp³-hybridized carbons (Fsp3) is 0.222. The van der Waals surface area contributed by atoms with Crippen molar-refractivity contribution in [3.63, 3.8) is 0 Å². The normalized spacial score (nSPS) is 12.4. The Kier molecular flexibility index (Phi) is 4.43. The fourth-order valence-corrected chi connectivity index (χ4v) is 2.55. The van der Waals surface area contributed by atoms with Crippen molar-refractivity contribution in [2.75, 3.05) is 6.54 Å². The van der Waals surface area contributed by atoms with Crippen molar-refractivity contribution in [3.8, 4) is 0 Å². The topological polar surface area (TPSA) is 83.5 Å². The number of carbonyl (C=O) groups is 1. The van der Waals surface area contributed by atoms with Gasteiger partial charge in [0.05, 0.1) is 10.5 Å². The van der Waals surface area contributed by atoms with E-state index in [4.69, 9.17) is 16.7 Å². The largest absolute Gasteiger partial charge is 0.480 e. The van der Waals surface area contributed by atoms with Crippen LogP contribution in [-0.4, -0.2) is 26.0 Å². The summed E-state index contributed by atoms with van der Waals surface area (Å²) in [6, 6.07) is 2.08. The lowest BCUT2D eigenvalue weighted by Gasteiger charge is -2.13. The van der Waals surface area contributed by atoms with Crippen molar-refractivity contribution in [3.05, 3.63) is 28.8 Å². The van der Waals surface area contributed by atoms with E-state index in [-0.39, 0.29) is 5.02 Å². The maximum Gasteiger partial charge on any atom is 0.417 e. The molecular weight excluding hydrogens is 311 g/mol. The van der Waals surface area contributed by atoms with E-state index in [1.807, 2.05) is 0 Å². The van der Waals surface area contributed by atoms with Gasteiger partial charge in [0.15, 0.2) is 0 Å². The van der Waals surface area contributed by atoms with E-state index in [1.54, 1.807) is 0 Å². The number of halogens is 4. The lowest BCUT2D eigenvalue weighted by atomic mass is 10.2. The van der Waals surface area contributed by atoms with Crippen molar-refractivity contribution in [2.45, 2.75) is 11.1 Å². The summed E-state index contributed by atoms with van der Waals surface area (Å²) in [5, 5.41) is 8.04. The predicted molar refractivity (Wildman–Crippen MR) is 59.3 cm³/mol. The first kappa shape index (κ1) is 15.7. The Balaban J connectivity index is 3.31. The van der Waals surface area contributed by atoms with Crippen LogP contribution in [-0.2, 0) is 21.0 Å². The van der Waals surface area contributed by atoms with Crippen molar-refractivity contribution in [2.24, 2.45) is 0 Å². The molecule has 0 atom stereocenters. The third-order valence-corrected chi connectivity index (χ3v) is 3.64. The summed E-state index contributed by atoms with van der Waals surface area (Å²) in [6.07, 6.45) is -4.93. The molecule has 0 fully saturated rings. The van der Waals surface area contributed by atoms with Gasteiger partial charge in [-0.15, -0.1) is 0 Å². The van der Waals surface area contributed by atoms with Crippen LogP contribution in [0.3, 0.4) is 0 Å². The number of alkyl halides is 3. The number of hydrogen-bond acceptors (Lipinski definition) is 3. The molecule has 0 aliphatic rings. The molecule has 0 saturated heterocycles. The summed E-state index contributed by atoms with van der Waals surface area (Å²) >= 11 is 5.39. The minimum atomic E-state index is -4.93. The number of hydrogen-bond donors (Lipinski definition) is 2. The third kappa shape index (κ3) is 4.08. The maximum absolute atomic E-state index is 12.7. The summed E-state index contributed by atoms with van der Waals surface area (Å²) in [5.74, 6) is -1.52. The van der Waals surface area contributed by atoms with Gasteiger partial charge in [-0.25, -0.2) is 8.42 Å². The Hall–Kier alpha value is -1.32. The monoisotopic (exact) mass is 317 g/mol. The van der Waals surface area contributed by atoms with E-state index in [0.29, 0.717) is 12.1 Å². The summed E-state index contributed by atoms with van der Waals surface area (Å²) < 4.78 is 62.8. The molecular formula is C9H7ClF3NO4S. The predicted octanol–water partition coefficient (Wildman–Crippen LogP) is 1.72. The van der Waals surface area contributed by atoms with Crippen LogP contribution in [0, 0.1) is 0 Å². The van der Waals surface area contributed by atoms with Gasteiger partial charge in [0, 0.05) is 5.02 Å². The molecule has 0 aromatic heterocycles. The van der Waals surface area contributed by atoms with Gasteiger partial charge < -0.3 is 5.11 Å². The third-order valence-electron chi connectivity index (χ3n) is 1.95. The van der Waals surface area contributed by atoms with Gasteiger partial charge in [-0.2, -0.15) is 17.9 Å². The molecule has 0 spiro atoms. The van der Waals surface area contributed by atoms with Crippen LogP contribution in [0.1, 0.15) is 5.56 Å².